The monoisotopic (exact) mass is 838 g/mol. The van der Waals surface area contributed by atoms with E-state index in [9.17, 15) is 14.7 Å². The SMILES string of the molecule is CC1CC(c2cccc(-n3cc(C4CC4c4cc(-n5cc(C6CC6)c6cc[nH]c6c5=O)cc(C5(c6nncn6C)CC6(CC6)C5)c4)c4cc(CO)[nH]c4c3=O)c2)(c2nncn2C)C1. The molecule has 2 atom stereocenters. The van der Waals surface area contributed by atoms with Crippen molar-refractivity contribution in [3.63, 3.8) is 0 Å². The first-order valence-corrected chi connectivity index (χ1v) is 22.6. The first-order valence-electron chi connectivity index (χ1n) is 22.6. The maximum Gasteiger partial charge on any atom is 0.279 e. The number of pyridine rings is 2. The number of aliphatic hydroxyl groups is 1. The van der Waals surface area contributed by atoms with Gasteiger partial charge in [-0.2, -0.15) is 0 Å². The summed E-state index contributed by atoms with van der Waals surface area (Å²) in [7, 11) is 4.04. The molecule has 5 aliphatic rings. The van der Waals surface area contributed by atoms with Crippen LogP contribution in [0.25, 0.3) is 33.2 Å². The van der Waals surface area contributed by atoms with Crippen LogP contribution in [0, 0.1) is 11.3 Å². The molecule has 6 aromatic heterocycles. The molecule has 1 spiro atoms. The number of aryl methyl sites for hydroxylation is 2. The molecule has 2 unspecified atom stereocenters. The van der Waals surface area contributed by atoms with Crippen LogP contribution < -0.4 is 11.1 Å². The highest BCUT2D eigenvalue weighted by molar-refractivity contribution is 5.85. The molecule has 0 saturated heterocycles. The highest BCUT2D eigenvalue weighted by Gasteiger charge is 2.64. The molecule has 13 rings (SSSR count). The minimum atomic E-state index is -0.320. The van der Waals surface area contributed by atoms with Crippen molar-refractivity contribution in [2.24, 2.45) is 25.4 Å². The number of nitrogens with zero attached hydrogens (tertiary/aromatic N) is 8. The van der Waals surface area contributed by atoms with Gasteiger partial charge in [0, 0.05) is 60.5 Å². The van der Waals surface area contributed by atoms with Gasteiger partial charge in [-0.05, 0) is 151 Å². The van der Waals surface area contributed by atoms with Gasteiger partial charge >= 0.3 is 0 Å². The fourth-order valence-electron chi connectivity index (χ4n) is 12.4. The van der Waals surface area contributed by atoms with Crippen LogP contribution in [0.1, 0.15) is 128 Å². The van der Waals surface area contributed by atoms with E-state index in [1.807, 2.05) is 59.9 Å². The van der Waals surface area contributed by atoms with Crippen molar-refractivity contribution >= 4 is 21.8 Å². The van der Waals surface area contributed by atoms with E-state index in [0.29, 0.717) is 34.0 Å². The van der Waals surface area contributed by atoms with Gasteiger partial charge in [-0.25, -0.2) is 0 Å². The molecule has 13 nitrogen and oxygen atoms in total. The van der Waals surface area contributed by atoms with E-state index >= 15 is 0 Å². The number of rotatable bonds is 10. The van der Waals surface area contributed by atoms with Crippen LogP contribution in [0.15, 0.2) is 95.4 Å². The van der Waals surface area contributed by atoms with E-state index in [0.717, 1.165) is 89.9 Å². The normalized spacial score (nSPS) is 24.2. The Bertz CT molecular complexity index is 3300. The lowest BCUT2D eigenvalue weighted by Crippen LogP contribution is -2.45. The fourth-order valence-corrected chi connectivity index (χ4v) is 12.4. The van der Waals surface area contributed by atoms with E-state index in [-0.39, 0.29) is 40.4 Å². The maximum absolute atomic E-state index is 14.5. The summed E-state index contributed by atoms with van der Waals surface area (Å²) >= 11 is 0. The first kappa shape index (κ1) is 37.2. The number of hydrogen-bond donors (Lipinski definition) is 3. The fraction of sp³-hybridized carbons (Fsp3) is 0.400. The number of aromatic amines is 2. The minimum Gasteiger partial charge on any atom is -0.390 e. The highest BCUT2D eigenvalue weighted by atomic mass is 16.3. The molecule has 318 valence electrons. The summed E-state index contributed by atoms with van der Waals surface area (Å²) in [6.07, 6.45) is 19.1. The summed E-state index contributed by atoms with van der Waals surface area (Å²) in [6.45, 7) is 2.07. The Hall–Kier alpha value is -6.34. The average Bonchev–Trinajstić information content (AvgIpc) is 4.22. The number of hydrogen-bond acceptors (Lipinski definition) is 7. The minimum absolute atomic E-state index is 0.0491. The van der Waals surface area contributed by atoms with Crippen LogP contribution in [-0.4, -0.2) is 53.7 Å². The predicted molar refractivity (Wildman–Crippen MR) is 239 cm³/mol. The Morgan fingerprint density at radius 2 is 1.46 bits per heavy atom. The lowest BCUT2D eigenvalue weighted by atomic mass is 9.55. The second-order valence-corrected chi connectivity index (χ2v) is 20.2. The van der Waals surface area contributed by atoms with Crippen molar-refractivity contribution in [2.45, 2.75) is 99.9 Å². The molecular formula is C50H50N10O3. The third-order valence-electron chi connectivity index (χ3n) is 15.9. The molecule has 0 radical (unpaired) electrons. The van der Waals surface area contributed by atoms with Crippen LogP contribution in [0.5, 0.6) is 0 Å². The Balaban J connectivity index is 0.956. The zero-order valence-corrected chi connectivity index (χ0v) is 35.8. The molecule has 0 amide bonds. The lowest BCUT2D eigenvalue weighted by Gasteiger charge is -2.48. The molecule has 13 heteroatoms. The quantitative estimate of drug-likeness (QED) is 0.129. The van der Waals surface area contributed by atoms with E-state index in [2.05, 4.69) is 73.3 Å². The largest absolute Gasteiger partial charge is 0.390 e. The van der Waals surface area contributed by atoms with Gasteiger partial charge in [0.2, 0.25) is 0 Å². The molecule has 0 bridgehead atoms. The summed E-state index contributed by atoms with van der Waals surface area (Å²) in [4.78, 5) is 35.5. The maximum atomic E-state index is 14.5. The van der Waals surface area contributed by atoms with Crippen molar-refractivity contribution < 1.29 is 5.11 Å². The smallest absolute Gasteiger partial charge is 0.279 e. The highest BCUT2D eigenvalue weighted by Crippen LogP contribution is 2.71. The van der Waals surface area contributed by atoms with E-state index < -0.39 is 0 Å². The van der Waals surface area contributed by atoms with Crippen LogP contribution >= 0.6 is 0 Å². The van der Waals surface area contributed by atoms with Crippen LogP contribution in [0.3, 0.4) is 0 Å². The molecule has 5 saturated carbocycles. The van der Waals surface area contributed by atoms with Gasteiger partial charge in [-0.3, -0.25) is 18.7 Å². The van der Waals surface area contributed by atoms with Crippen molar-refractivity contribution in [2.75, 3.05) is 0 Å². The lowest BCUT2D eigenvalue weighted by molar-refractivity contribution is 0.145. The molecule has 3 N–H and O–H groups in total. The number of benzene rings is 2. The van der Waals surface area contributed by atoms with Crippen molar-refractivity contribution in [1.82, 2.24) is 48.6 Å². The zero-order valence-electron chi connectivity index (χ0n) is 35.8. The van der Waals surface area contributed by atoms with Gasteiger partial charge in [0.15, 0.2) is 0 Å². The number of aliphatic hydroxyl groups excluding tert-OH is 1. The van der Waals surface area contributed by atoms with Crippen LogP contribution in [0.4, 0.5) is 0 Å². The van der Waals surface area contributed by atoms with Gasteiger partial charge in [0.1, 0.15) is 35.3 Å². The van der Waals surface area contributed by atoms with Crippen molar-refractivity contribution in [3.05, 3.63) is 152 Å². The zero-order chi connectivity index (χ0) is 42.6. The molecular weight excluding hydrogens is 789 g/mol. The predicted octanol–water partition coefficient (Wildman–Crippen LogP) is 7.42. The average molecular weight is 839 g/mol. The Morgan fingerprint density at radius 1 is 0.762 bits per heavy atom. The Morgan fingerprint density at radius 3 is 2.14 bits per heavy atom. The van der Waals surface area contributed by atoms with Gasteiger partial charge in [0.25, 0.3) is 11.1 Å². The third kappa shape index (κ3) is 5.44. The second kappa shape index (κ2) is 12.9. The number of fused-ring (bicyclic) bond motifs is 2. The third-order valence-corrected chi connectivity index (χ3v) is 15.9. The Labute approximate surface area is 362 Å². The molecule has 8 aromatic rings. The van der Waals surface area contributed by atoms with Gasteiger partial charge in [-0.1, -0.05) is 25.1 Å². The van der Waals surface area contributed by atoms with Gasteiger partial charge in [-0.15, -0.1) is 20.4 Å². The second-order valence-electron chi connectivity index (χ2n) is 20.2. The summed E-state index contributed by atoms with van der Waals surface area (Å²) in [5.74, 6) is 3.13. The summed E-state index contributed by atoms with van der Waals surface area (Å²) < 4.78 is 7.76. The topological polar surface area (TPSA) is 157 Å². The Kier molecular flexibility index (Phi) is 7.61. The van der Waals surface area contributed by atoms with Gasteiger partial charge < -0.3 is 24.2 Å². The molecule has 63 heavy (non-hydrogen) atoms. The van der Waals surface area contributed by atoms with Crippen LogP contribution in [-0.2, 0) is 31.5 Å². The van der Waals surface area contributed by atoms with E-state index in [1.165, 1.54) is 29.5 Å². The summed E-state index contributed by atoms with van der Waals surface area (Å²) in [5, 5.41) is 30.1. The number of nitrogens with one attached hydrogen (secondary N) is 2. The van der Waals surface area contributed by atoms with Crippen molar-refractivity contribution in [1.29, 1.82) is 0 Å². The number of H-pyrrole nitrogens is 2. The first-order chi connectivity index (χ1) is 30.6. The number of aromatic nitrogens is 10. The molecule has 5 fully saturated rings. The molecule has 0 aliphatic heterocycles. The van der Waals surface area contributed by atoms with Gasteiger partial charge in [0.05, 0.1) is 17.4 Å². The molecule has 2 aromatic carbocycles. The molecule has 5 aliphatic carbocycles. The van der Waals surface area contributed by atoms with E-state index in [4.69, 9.17) is 5.10 Å². The molecule has 6 heterocycles. The van der Waals surface area contributed by atoms with E-state index in [1.54, 1.807) is 17.2 Å². The van der Waals surface area contributed by atoms with Crippen LogP contribution in [0.2, 0.25) is 0 Å². The summed E-state index contributed by atoms with van der Waals surface area (Å²) in [6, 6.07) is 19.2. The van der Waals surface area contributed by atoms with Crippen molar-refractivity contribution in [3.8, 4) is 11.4 Å². The summed E-state index contributed by atoms with van der Waals surface area (Å²) in [5.41, 5.74) is 8.71. The standard InChI is InChI=1S/C50H50N10O3/c1-28-19-49(20-28,46-55-52-26-57(46)2)31-5-4-6-34(15-31)59-22-41(39-17-33(23-61)54-43(39)45(59)63)38-18-37(38)30-13-32(50(24-48(25-50)10-11-48)47-56-53-27-58(47)3)16-35(14-30)60-21-40(29-7-8-29)36-9-12-51-42(36)44(60)62/h4-6,9,12-17,21-22,26-29,37-38,51,54,61H,7-8,10-11,18-20,23-25H2,1-3H3.